The summed E-state index contributed by atoms with van der Waals surface area (Å²) >= 11 is 0. The summed E-state index contributed by atoms with van der Waals surface area (Å²) < 4.78 is 5.69. The van der Waals surface area contributed by atoms with Crippen LogP contribution >= 0.6 is 0 Å². The Balaban J connectivity index is 1.90. The Bertz CT molecular complexity index is 716. The Kier molecular flexibility index (Phi) is 3.95. The second kappa shape index (κ2) is 5.81. The summed E-state index contributed by atoms with van der Waals surface area (Å²) in [5, 5.41) is 0. The van der Waals surface area contributed by atoms with E-state index in [1.165, 1.54) is 9.80 Å². The van der Waals surface area contributed by atoms with E-state index >= 15 is 0 Å². The number of carbonyl (C=O) groups excluding carboxylic acids is 3. The molecule has 1 atom stereocenters. The number of urea groups is 1. The number of anilines is 1. The van der Waals surface area contributed by atoms with Crippen LogP contribution in [0.15, 0.2) is 18.2 Å². The molecule has 0 N–H and O–H groups in total. The number of piperazine rings is 1. The summed E-state index contributed by atoms with van der Waals surface area (Å²) in [5.41, 5.74) is 1.35. The zero-order chi connectivity index (χ0) is 17.6. The van der Waals surface area contributed by atoms with Crippen LogP contribution in [0.4, 0.5) is 10.5 Å². The van der Waals surface area contributed by atoms with E-state index in [0.717, 1.165) is 16.2 Å². The van der Waals surface area contributed by atoms with E-state index in [1.54, 1.807) is 25.2 Å². The first-order valence-corrected chi connectivity index (χ1v) is 7.95. The smallest absolute Gasteiger partial charge is 0.332 e. The van der Waals surface area contributed by atoms with Gasteiger partial charge < -0.3 is 14.5 Å². The first-order chi connectivity index (χ1) is 11.3. The van der Waals surface area contributed by atoms with Crippen LogP contribution in [-0.4, -0.2) is 59.9 Å². The average molecular weight is 331 g/mol. The van der Waals surface area contributed by atoms with Crippen LogP contribution in [0.3, 0.4) is 0 Å². The van der Waals surface area contributed by atoms with E-state index in [1.807, 2.05) is 20.8 Å². The lowest BCUT2D eigenvalue weighted by atomic mass is 10.1. The number of hydrogen-bond donors (Lipinski definition) is 0. The van der Waals surface area contributed by atoms with E-state index < -0.39 is 12.1 Å². The molecule has 1 unspecified atom stereocenters. The van der Waals surface area contributed by atoms with Crippen LogP contribution in [0.2, 0.25) is 0 Å². The average Bonchev–Trinajstić information content (AvgIpc) is 2.73. The molecule has 2 aliphatic rings. The van der Waals surface area contributed by atoms with Crippen molar-refractivity contribution in [1.29, 1.82) is 0 Å². The largest absolute Gasteiger partial charge is 0.491 e. The number of fused-ring (bicyclic) bond motifs is 1. The van der Waals surface area contributed by atoms with Crippen molar-refractivity contribution in [2.75, 3.05) is 25.0 Å². The molecule has 2 fully saturated rings. The van der Waals surface area contributed by atoms with Crippen molar-refractivity contribution in [2.24, 2.45) is 0 Å². The highest BCUT2D eigenvalue weighted by molar-refractivity contribution is 6.22. The van der Waals surface area contributed by atoms with Gasteiger partial charge in [0.2, 0.25) is 5.91 Å². The van der Waals surface area contributed by atoms with Gasteiger partial charge in [-0.25, -0.2) is 9.69 Å². The van der Waals surface area contributed by atoms with Gasteiger partial charge in [0, 0.05) is 13.6 Å². The Hall–Kier alpha value is -2.57. The summed E-state index contributed by atoms with van der Waals surface area (Å²) in [5.74, 6) is 0.267. The van der Waals surface area contributed by atoms with Gasteiger partial charge in [-0.15, -0.1) is 0 Å². The molecule has 1 aromatic rings. The fourth-order valence-electron chi connectivity index (χ4n) is 3.02. The lowest BCUT2D eigenvalue weighted by molar-refractivity contribution is -0.136. The molecule has 24 heavy (non-hydrogen) atoms. The fraction of sp³-hybridized carbons (Fsp3) is 0.471. The van der Waals surface area contributed by atoms with Gasteiger partial charge >= 0.3 is 6.03 Å². The maximum absolute atomic E-state index is 12.7. The van der Waals surface area contributed by atoms with Gasteiger partial charge in [-0.1, -0.05) is 0 Å². The molecule has 0 bridgehead atoms. The van der Waals surface area contributed by atoms with Gasteiger partial charge in [-0.05, 0) is 44.5 Å². The molecular weight excluding hydrogens is 310 g/mol. The van der Waals surface area contributed by atoms with Crippen molar-refractivity contribution in [2.45, 2.75) is 32.9 Å². The van der Waals surface area contributed by atoms with Crippen molar-refractivity contribution in [3.63, 3.8) is 0 Å². The molecule has 2 saturated heterocycles. The number of hydrogen-bond acceptors (Lipinski definition) is 4. The number of likely N-dealkylation sites (N-methyl/N-ethyl adjacent to an activating group) is 1. The Morgan fingerprint density at radius 2 is 1.92 bits per heavy atom. The van der Waals surface area contributed by atoms with Crippen molar-refractivity contribution in [1.82, 2.24) is 9.80 Å². The highest BCUT2D eigenvalue weighted by Gasteiger charge is 2.49. The van der Waals surface area contributed by atoms with Gasteiger partial charge in [0.15, 0.2) is 0 Å². The van der Waals surface area contributed by atoms with Crippen LogP contribution in [0, 0.1) is 6.92 Å². The van der Waals surface area contributed by atoms with Crippen molar-refractivity contribution in [3.05, 3.63) is 23.8 Å². The quantitative estimate of drug-likeness (QED) is 0.785. The third kappa shape index (κ3) is 2.60. The standard InChI is InChI=1S/C17H21N3O4/c1-10(2)24-14-6-5-12(7-11(14)3)20-16(22)13-8-18(4)15(21)9-19(13)17(20)23/h5-7,10,13H,8-9H2,1-4H3. The summed E-state index contributed by atoms with van der Waals surface area (Å²) in [6.45, 7) is 5.92. The first kappa shape index (κ1) is 16.3. The molecule has 3 rings (SSSR count). The molecule has 0 radical (unpaired) electrons. The molecule has 4 amide bonds. The first-order valence-electron chi connectivity index (χ1n) is 7.95. The molecule has 0 aromatic heterocycles. The number of amides is 4. The second-order valence-electron chi connectivity index (χ2n) is 6.49. The minimum atomic E-state index is -0.605. The molecule has 128 valence electrons. The Labute approximate surface area is 140 Å². The number of benzene rings is 1. The minimum Gasteiger partial charge on any atom is -0.491 e. The fourth-order valence-corrected chi connectivity index (χ4v) is 3.02. The summed E-state index contributed by atoms with van der Waals surface area (Å²) in [7, 11) is 1.64. The summed E-state index contributed by atoms with van der Waals surface area (Å²) in [4.78, 5) is 41.1. The lowest BCUT2D eigenvalue weighted by Crippen LogP contribution is -2.54. The lowest BCUT2D eigenvalue weighted by Gasteiger charge is -2.32. The minimum absolute atomic E-state index is 0.0418. The van der Waals surface area contributed by atoms with Crippen molar-refractivity contribution < 1.29 is 19.1 Å². The van der Waals surface area contributed by atoms with Gasteiger partial charge in [0.05, 0.1) is 11.8 Å². The molecule has 0 aliphatic carbocycles. The normalized spacial score (nSPS) is 21.0. The number of aryl methyl sites for hydroxylation is 1. The number of rotatable bonds is 3. The molecule has 7 nitrogen and oxygen atoms in total. The molecule has 7 heteroatoms. The molecule has 0 spiro atoms. The summed E-state index contributed by atoms with van der Waals surface area (Å²) in [6, 6.07) is 4.18. The third-order valence-corrected chi connectivity index (χ3v) is 4.28. The molecule has 1 aromatic carbocycles. The van der Waals surface area contributed by atoms with Gasteiger partial charge in [-0.2, -0.15) is 0 Å². The third-order valence-electron chi connectivity index (χ3n) is 4.28. The molecule has 0 saturated carbocycles. The number of nitrogens with zero attached hydrogens (tertiary/aromatic N) is 3. The van der Waals surface area contributed by atoms with E-state index in [-0.39, 0.29) is 31.0 Å². The maximum atomic E-state index is 12.7. The zero-order valence-electron chi connectivity index (χ0n) is 14.3. The second-order valence-corrected chi connectivity index (χ2v) is 6.49. The molecule has 2 aliphatic heterocycles. The van der Waals surface area contributed by atoms with Gasteiger partial charge in [0.25, 0.3) is 5.91 Å². The highest BCUT2D eigenvalue weighted by Crippen LogP contribution is 2.31. The van der Waals surface area contributed by atoms with Crippen LogP contribution < -0.4 is 9.64 Å². The van der Waals surface area contributed by atoms with Crippen molar-refractivity contribution in [3.8, 4) is 5.75 Å². The van der Waals surface area contributed by atoms with Crippen LogP contribution in [0.25, 0.3) is 0 Å². The predicted molar refractivity (Wildman–Crippen MR) is 88.0 cm³/mol. The van der Waals surface area contributed by atoms with Gasteiger partial charge in [-0.3, -0.25) is 9.59 Å². The van der Waals surface area contributed by atoms with Crippen molar-refractivity contribution >= 4 is 23.5 Å². The zero-order valence-corrected chi connectivity index (χ0v) is 14.3. The van der Waals surface area contributed by atoms with E-state index in [0.29, 0.717) is 5.69 Å². The maximum Gasteiger partial charge on any atom is 0.332 e. The number of carbonyl (C=O) groups is 3. The van der Waals surface area contributed by atoms with E-state index in [9.17, 15) is 14.4 Å². The van der Waals surface area contributed by atoms with Crippen LogP contribution in [0.1, 0.15) is 19.4 Å². The molecular formula is C17H21N3O4. The van der Waals surface area contributed by atoms with Crippen LogP contribution in [-0.2, 0) is 9.59 Å². The van der Waals surface area contributed by atoms with Gasteiger partial charge in [0.1, 0.15) is 18.3 Å². The topological polar surface area (TPSA) is 70.2 Å². The van der Waals surface area contributed by atoms with E-state index in [2.05, 4.69) is 0 Å². The monoisotopic (exact) mass is 331 g/mol. The Morgan fingerprint density at radius 3 is 2.54 bits per heavy atom. The number of ether oxygens (including phenoxy) is 1. The predicted octanol–water partition coefficient (Wildman–Crippen LogP) is 1.39. The summed E-state index contributed by atoms with van der Waals surface area (Å²) in [6.07, 6.45) is 0.0418. The SMILES string of the molecule is Cc1cc(N2C(=O)C3CN(C)C(=O)CN3C2=O)ccc1OC(C)C. The molecule has 2 heterocycles. The van der Waals surface area contributed by atoms with Crippen LogP contribution in [0.5, 0.6) is 5.75 Å². The highest BCUT2D eigenvalue weighted by atomic mass is 16.5. The van der Waals surface area contributed by atoms with E-state index in [4.69, 9.17) is 4.74 Å². The Morgan fingerprint density at radius 1 is 1.21 bits per heavy atom. The number of imide groups is 1.